The van der Waals surface area contributed by atoms with Gasteiger partial charge in [0.05, 0.1) is 16.6 Å². The summed E-state index contributed by atoms with van der Waals surface area (Å²) in [7, 11) is -3.41. The molecule has 1 unspecified atom stereocenters. The molecule has 0 aliphatic carbocycles. The van der Waals surface area contributed by atoms with Gasteiger partial charge in [-0.05, 0) is 31.5 Å². The Balaban J connectivity index is 3.01. The minimum absolute atomic E-state index is 0.0163. The van der Waals surface area contributed by atoms with E-state index < -0.39 is 15.8 Å². The zero-order valence-electron chi connectivity index (χ0n) is 11.3. The summed E-state index contributed by atoms with van der Waals surface area (Å²) in [5, 5.41) is 0. The minimum Gasteiger partial charge on any atom is -0.459 e. The summed E-state index contributed by atoms with van der Waals surface area (Å²) in [5.41, 5.74) is 5.99. The van der Waals surface area contributed by atoms with Gasteiger partial charge in [-0.2, -0.15) is 0 Å². The number of nitrogens with two attached hydrogens (primary N) is 1. The summed E-state index contributed by atoms with van der Waals surface area (Å²) < 4.78 is 28.2. The number of benzene rings is 1. The first kappa shape index (κ1) is 15.5. The fraction of sp³-hybridized carbons (Fsp3) is 0.462. The second-order valence-corrected chi connectivity index (χ2v) is 6.58. The van der Waals surface area contributed by atoms with Crippen LogP contribution in [0, 0.1) is 0 Å². The van der Waals surface area contributed by atoms with Crippen LogP contribution < -0.4 is 5.73 Å². The Morgan fingerprint density at radius 1 is 1.37 bits per heavy atom. The summed E-state index contributed by atoms with van der Waals surface area (Å²) in [6.07, 6.45) is 2.52. The SMILES string of the molecule is CCCC(C)OC(=O)c1cc(N)cc(S(C)(=O)=O)c1. The molecule has 2 N–H and O–H groups in total. The van der Waals surface area contributed by atoms with Crippen LogP contribution in [0.15, 0.2) is 23.1 Å². The zero-order valence-corrected chi connectivity index (χ0v) is 12.2. The molecule has 0 heterocycles. The van der Waals surface area contributed by atoms with Crippen molar-refractivity contribution in [2.45, 2.75) is 37.7 Å². The minimum atomic E-state index is -3.41. The van der Waals surface area contributed by atoms with Gasteiger partial charge in [-0.25, -0.2) is 13.2 Å². The highest BCUT2D eigenvalue weighted by molar-refractivity contribution is 7.90. The van der Waals surface area contributed by atoms with E-state index in [0.717, 1.165) is 19.1 Å². The van der Waals surface area contributed by atoms with Crippen LogP contribution in [0.2, 0.25) is 0 Å². The fourth-order valence-electron chi connectivity index (χ4n) is 1.67. The van der Waals surface area contributed by atoms with Gasteiger partial charge < -0.3 is 10.5 Å². The van der Waals surface area contributed by atoms with Gasteiger partial charge in [-0.15, -0.1) is 0 Å². The standard InChI is InChI=1S/C13H19NO4S/c1-4-5-9(2)18-13(15)10-6-11(14)8-12(7-10)19(3,16)17/h6-9H,4-5,14H2,1-3H3. The maximum absolute atomic E-state index is 11.9. The summed E-state index contributed by atoms with van der Waals surface area (Å²) in [6, 6.07) is 4.02. The molecule has 1 rings (SSSR count). The van der Waals surface area contributed by atoms with Crippen LogP contribution in [0.3, 0.4) is 0 Å². The van der Waals surface area contributed by atoms with E-state index in [1.165, 1.54) is 18.2 Å². The molecule has 0 saturated carbocycles. The molecule has 1 aromatic carbocycles. The number of sulfone groups is 1. The van der Waals surface area contributed by atoms with Crippen LogP contribution >= 0.6 is 0 Å². The number of carbonyl (C=O) groups excluding carboxylic acids is 1. The van der Waals surface area contributed by atoms with Crippen LogP contribution in [0.1, 0.15) is 37.0 Å². The lowest BCUT2D eigenvalue weighted by atomic mass is 10.2. The molecule has 0 aliphatic heterocycles. The van der Waals surface area contributed by atoms with E-state index in [1.807, 2.05) is 6.92 Å². The molecule has 6 heteroatoms. The fourth-order valence-corrected chi connectivity index (χ4v) is 2.36. The first-order valence-electron chi connectivity index (χ1n) is 6.05. The van der Waals surface area contributed by atoms with Crippen molar-refractivity contribution in [2.75, 3.05) is 12.0 Å². The van der Waals surface area contributed by atoms with Crippen LogP contribution in [-0.4, -0.2) is 26.7 Å². The molecule has 0 saturated heterocycles. The average Bonchev–Trinajstić information content (AvgIpc) is 2.27. The number of nitrogen functional groups attached to an aromatic ring is 1. The van der Waals surface area contributed by atoms with Crippen molar-refractivity contribution in [3.05, 3.63) is 23.8 Å². The van der Waals surface area contributed by atoms with Gasteiger partial charge in [0, 0.05) is 11.9 Å². The number of hydrogen-bond acceptors (Lipinski definition) is 5. The average molecular weight is 285 g/mol. The molecular weight excluding hydrogens is 266 g/mol. The van der Waals surface area contributed by atoms with Crippen molar-refractivity contribution in [3.8, 4) is 0 Å². The highest BCUT2D eigenvalue weighted by atomic mass is 32.2. The van der Waals surface area contributed by atoms with E-state index >= 15 is 0 Å². The number of esters is 1. The number of carbonyl (C=O) groups is 1. The number of hydrogen-bond donors (Lipinski definition) is 1. The predicted octanol–water partition coefficient (Wildman–Crippen LogP) is 2.02. The molecule has 1 atom stereocenters. The van der Waals surface area contributed by atoms with Gasteiger partial charge in [0.15, 0.2) is 9.84 Å². The Morgan fingerprint density at radius 3 is 2.53 bits per heavy atom. The zero-order chi connectivity index (χ0) is 14.6. The van der Waals surface area contributed by atoms with E-state index in [-0.39, 0.29) is 22.3 Å². The summed E-state index contributed by atoms with van der Waals surface area (Å²) in [6.45, 7) is 3.79. The molecular formula is C13H19NO4S. The molecule has 0 radical (unpaired) electrons. The largest absolute Gasteiger partial charge is 0.459 e. The maximum atomic E-state index is 11.9. The third kappa shape index (κ3) is 4.55. The number of ether oxygens (including phenoxy) is 1. The molecule has 0 bridgehead atoms. The maximum Gasteiger partial charge on any atom is 0.338 e. The van der Waals surface area contributed by atoms with Crippen LogP contribution in [-0.2, 0) is 14.6 Å². The lowest BCUT2D eigenvalue weighted by molar-refractivity contribution is 0.0323. The Bertz CT molecular complexity index is 566. The molecule has 0 spiro atoms. The van der Waals surface area contributed by atoms with Gasteiger partial charge in [0.2, 0.25) is 0 Å². The molecule has 1 aromatic rings. The van der Waals surface area contributed by atoms with Crippen molar-refractivity contribution < 1.29 is 17.9 Å². The first-order chi connectivity index (χ1) is 8.74. The van der Waals surface area contributed by atoms with Crippen LogP contribution in [0.4, 0.5) is 5.69 Å². The number of anilines is 1. The second kappa shape index (κ2) is 6.06. The van der Waals surface area contributed by atoms with Gasteiger partial charge in [-0.3, -0.25) is 0 Å². The predicted molar refractivity (Wildman–Crippen MR) is 73.7 cm³/mol. The second-order valence-electron chi connectivity index (χ2n) is 4.57. The van der Waals surface area contributed by atoms with Crippen molar-refractivity contribution in [1.82, 2.24) is 0 Å². The first-order valence-corrected chi connectivity index (χ1v) is 7.94. The van der Waals surface area contributed by atoms with Crippen molar-refractivity contribution in [1.29, 1.82) is 0 Å². The molecule has 0 amide bonds. The van der Waals surface area contributed by atoms with E-state index in [0.29, 0.717) is 0 Å². The van der Waals surface area contributed by atoms with E-state index in [2.05, 4.69) is 0 Å². The monoisotopic (exact) mass is 285 g/mol. The smallest absolute Gasteiger partial charge is 0.338 e. The molecule has 5 nitrogen and oxygen atoms in total. The van der Waals surface area contributed by atoms with Gasteiger partial charge in [0.25, 0.3) is 0 Å². The highest BCUT2D eigenvalue weighted by Gasteiger charge is 2.16. The molecule has 19 heavy (non-hydrogen) atoms. The Morgan fingerprint density at radius 2 is 2.00 bits per heavy atom. The van der Waals surface area contributed by atoms with Gasteiger partial charge >= 0.3 is 5.97 Å². The van der Waals surface area contributed by atoms with E-state index in [1.54, 1.807) is 6.92 Å². The lowest BCUT2D eigenvalue weighted by Gasteiger charge is -2.13. The van der Waals surface area contributed by atoms with Gasteiger partial charge in [-0.1, -0.05) is 13.3 Å². The Labute approximate surface area is 113 Å². The molecule has 0 aliphatic rings. The van der Waals surface area contributed by atoms with Crippen LogP contribution in [0.5, 0.6) is 0 Å². The summed E-state index contributed by atoms with van der Waals surface area (Å²) in [5.74, 6) is -0.557. The highest BCUT2D eigenvalue weighted by Crippen LogP contribution is 2.18. The summed E-state index contributed by atoms with van der Waals surface area (Å²) in [4.78, 5) is 11.9. The van der Waals surface area contributed by atoms with Crippen molar-refractivity contribution >= 4 is 21.5 Å². The molecule has 106 valence electrons. The topological polar surface area (TPSA) is 86.5 Å². The third-order valence-corrected chi connectivity index (χ3v) is 3.69. The third-order valence-electron chi connectivity index (χ3n) is 2.60. The molecule has 0 aromatic heterocycles. The quantitative estimate of drug-likeness (QED) is 0.660. The van der Waals surface area contributed by atoms with E-state index in [9.17, 15) is 13.2 Å². The van der Waals surface area contributed by atoms with Gasteiger partial charge in [0.1, 0.15) is 0 Å². The van der Waals surface area contributed by atoms with Crippen LogP contribution in [0.25, 0.3) is 0 Å². The Hall–Kier alpha value is -1.56. The summed E-state index contributed by atoms with van der Waals surface area (Å²) >= 11 is 0. The number of rotatable bonds is 5. The Kier molecular flexibility index (Phi) is 4.94. The van der Waals surface area contributed by atoms with Crippen molar-refractivity contribution in [3.63, 3.8) is 0 Å². The molecule has 0 fully saturated rings. The normalized spacial score (nSPS) is 13.0. The van der Waals surface area contributed by atoms with E-state index in [4.69, 9.17) is 10.5 Å². The van der Waals surface area contributed by atoms with Crippen molar-refractivity contribution in [2.24, 2.45) is 0 Å². The lowest BCUT2D eigenvalue weighted by Crippen LogP contribution is -2.15.